The summed E-state index contributed by atoms with van der Waals surface area (Å²) in [5.41, 5.74) is 6.13. The van der Waals surface area contributed by atoms with E-state index >= 15 is 0 Å². The van der Waals surface area contributed by atoms with Crippen LogP contribution in [0, 0.1) is 0 Å². The maximum absolute atomic E-state index is 12.7. The van der Waals surface area contributed by atoms with Gasteiger partial charge in [0.2, 0.25) is 23.6 Å². The summed E-state index contributed by atoms with van der Waals surface area (Å²) in [6.45, 7) is 1.25. The van der Waals surface area contributed by atoms with Crippen molar-refractivity contribution in [2.24, 2.45) is 5.73 Å². The molecule has 0 heterocycles. The van der Waals surface area contributed by atoms with E-state index in [2.05, 4.69) is 16.0 Å². The van der Waals surface area contributed by atoms with Crippen LogP contribution >= 0.6 is 11.8 Å². The molecule has 0 aromatic heterocycles. The number of nitrogens with one attached hydrogen (secondary N) is 3. The molecule has 0 spiro atoms. The quantitative estimate of drug-likeness (QED) is 0.267. The van der Waals surface area contributed by atoms with Crippen molar-refractivity contribution in [3.63, 3.8) is 0 Å². The number of carbonyl (C=O) groups is 5. The molecule has 0 aliphatic carbocycles. The molecule has 1 aromatic carbocycles. The summed E-state index contributed by atoms with van der Waals surface area (Å²) in [6, 6.07) is 5.36. The van der Waals surface area contributed by atoms with E-state index in [1.165, 1.54) is 18.7 Å². The van der Waals surface area contributed by atoms with Crippen molar-refractivity contribution in [1.82, 2.24) is 16.0 Å². The first-order chi connectivity index (χ1) is 14.6. The second-order valence-corrected chi connectivity index (χ2v) is 7.83. The van der Waals surface area contributed by atoms with Crippen LogP contribution in [-0.2, 0) is 30.4 Å². The van der Waals surface area contributed by atoms with Crippen molar-refractivity contribution < 1.29 is 29.1 Å². The molecule has 0 radical (unpaired) electrons. The van der Waals surface area contributed by atoms with Gasteiger partial charge in [-0.25, -0.2) is 0 Å². The molecule has 0 aliphatic rings. The summed E-state index contributed by atoms with van der Waals surface area (Å²) in [5, 5.41) is 16.4. The minimum absolute atomic E-state index is 0.109. The second-order valence-electron chi connectivity index (χ2n) is 6.85. The second kappa shape index (κ2) is 13.3. The SMILES string of the molecule is CSCC[C@H](NC(C)=O)C(=O)N[C@@H](CC(=O)O)C(=O)N[C@@H](Cc1ccccc1)C(N)=O. The molecule has 0 unspecified atom stereocenters. The first-order valence-electron chi connectivity index (χ1n) is 9.55. The molecule has 10 nitrogen and oxygen atoms in total. The average molecular weight is 453 g/mol. The molecule has 0 fully saturated rings. The lowest BCUT2D eigenvalue weighted by Crippen LogP contribution is -2.57. The smallest absolute Gasteiger partial charge is 0.305 e. The Morgan fingerprint density at radius 1 is 0.968 bits per heavy atom. The van der Waals surface area contributed by atoms with Gasteiger partial charge < -0.3 is 26.8 Å². The van der Waals surface area contributed by atoms with Gasteiger partial charge in [-0.2, -0.15) is 11.8 Å². The van der Waals surface area contributed by atoms with Gasteiger partial charge in [0.15, 0.2) is 0 Å². The van der Waals surface area contributed by atoms with Gasteiger partial charge in [-0.15, -0.1) is 0 Å². The number of carboxylic acid groups (broad SMARTS) is 1. The molecule has 1 rings (SSSR count). The molecule has 3 atom stereocenters. The van der Waals surface area contributed by atoms with Crippen LogP contribution in [0.15, 0.2) is 30.3 Å². The third kappa shape index (κ3) is 9.98. The zero-order chi connectivity index (χ0) is 23.4. The maximum atomic E-state index is 12.7. The zero-order valence-corrected chi connectivity index (χ0v) is 18.2. The van der Waals surface area contributed by atoms with Gasteiger partial charge in [0, 0.05) is 13.3 Å². The Kier molecular flexibility index (Phi) is 11.1. The van der Waals surface area contributed by atoms with Crippen LogP contribution in [0.3, 0.4) is 0 Å². The van der Waals surface area contributed by atoms with E-state index < -0.39 is 54.1 Å². The minimum Gasteiger partial charge on any atom is -0.481 e. The number of aliphatic carboxylic acids is 1. The number of thioether (sulfide) groups is 1. The fourth-order valence-electron chi connectivity index (χ4n) is 2.75. The summed E-state index contributed by atoms with van der Waals surface area (Å²) < 4.78 is 0. The van der Waals surface area contributed by atoms with Crippen molar-refractivity contribution in [3.05, 3.63) is 35.9 Å². The number of hydrogen-bond donors (Lipinski definition) is 5. The van der Waals surface area contributed by atoms with E-state index in [1.54, 1.807) is 30.3 Å². The average Bonchev–Trinajstić information content (AvgIpc) is 2.70. The zero-order valence-electron chi connectivity index (χ0n) is 17.4. The number of benzene rings is 1. The number of amides is 4. The van der Waals surface area contributed by atoms with Crippen LogP contribution in [0.5, 0.6) is 0 Å². The number of rotatable bonds is 13. The molecule has 0 aliphatic heterocycles. The summed E-state index contributed by atoms with van der Waals surface area (Å²) in [5.74, 6) is -3.54. The van der Waals surface area contributed by atoms with Crippen LogP contribution < -0.4 is 21.7 Å². The van der Waals surface area contributed by atoms with E-state index in [1.807, 2.05) is 6.26 Å². The highest BCUT2D eigenvalue weighted by atomic mass is 32.2. The van der Waals surface area contributed by atoms with E-state index in [4.69, 9.17) is 10.8 Å². The van der Waals surface area contributed by atoms with Crippen LogP contribution in [0.2, 0.25) is 0 Å². The molecule has 31 heavy (non-hydrogen) atoms. The number of carboxylic acids is 1. The first kappa shape index (κ1) is 26.0. The van der Waals surface area contributed by atoms with Crippen molar-refractivity contribution >= 4 is 41.4 Å². The molecule has 0 bridgehead atoms. The number of primary amides is 1. The third-order valence-electron chi connectivity index (χ3n) is 4.26. The standard InChI is InChI=1S/C20H28N4O6S/c1-12(25)22-14(8-9-31-2)19(29)24-16(11-17(26)27)20(30)23-15(18(21)28)10-13-6-4-3-5-7-13/h3-7,14-16H,8-11H2,1-2H3,(H2,21,28)(H,22,25)(H,23,30)(H,24,29)(H,26,27)/t14-,15-,16-/m0/s1. The van der Waals surface area contributed by atoms with Crippen LogP contribution in [0.1, 0.15) is 25.3 Å². The number of carbonyl (C=O) groups excluding carboxylic acids is 4. The normalized spacial score (nSPS) is 13.4. The Balaban J connectivity index is 2.93. The predicted molar refractivity (Wildman–Crippen MR) is 116 cm³/mol. The van der Waals surface area contributed by atoms with Crippen LogP contribution in [0.25, 0.3) is 0 Å². The minimum atomic E-state index is -1.45. The monoisotopic (exact) mass is 452 g/mol. The van der Waals surface area contributed by atoms with Crippen molar-refractivity contribution in [2.45, 2.75) is 44.3 Å². The number of hydrogen-bond acceptors (Lipinski definition) is 6. The lowest BCUT2D eigenvalue weighted by atomic mass is 10.0. The lowest BCUT2D eigenvalue weighted by Gasteiger charge is -2.23. The fourth-order valence-corrected chi connectivity index (χ4v) is 3.22. The summed E-state index contributed by atoms with van der Waals surface area (Å²) >= 11 is 1.47. The highest BCUT2D eigenvalue weighted by molar-refractivity contribution is 7.98. The van der Waals surface area contributed by atoms with E-state index in [0.29, 0.717) is 12.2 Å². The molecule has 4 amide bonds. The molecule has 0 saturated heterocycles. The Morgan fingerprint density at radius 2 is 1.55 bits per heavy atom. The maximum Gasteiger partial charge on any atom is 0.305 e. The van der Waals surface area contributed by atoms with Gasteiger partial charge in [-0.3, -0.25) is 24.0 Å². The predicted octanol–water partition coefficient (Wildman–Crippen LogP) is -0.583. The van der Waals surface area contributed by atoms with Gasteiger partial charge in [0.1, 0.15) is 18.1 Å². The van der Waals surface area contributed by atoms with Gasteiger partial charge >= 0.3 is 5.97 Å². The van der Waals surface area contributed by atoms with Gasteiger partial charge in [0.05, 0.1) is 6.42 Å². The van der Waals surface area contributed by atoms with E-state index in [0.717, 1.165) is 5.56 Å². The van der Waals surface area contributed by atoms with E-state index in [-0.39, 0.29) is 6.42 Å². The number of nitrogens with two attached hydrogens (primary N) is 1. The van der Waals surface area contributed by atoms with Crippen molar-refractivity contribution in [2.75, 3.05) is 12.0 Å². The molecule has 6 N–H and O–H groups in total. The van der Waals surface area contributed by atoms with Gasteiger partial charge in [-0.05, 0) is 24.0 Å². The topological polar surface area (TPSA) is 168 Å². The lowest BCUT2D eigenvalue weighted by molar-refractivity contribution is -0.141. The van der Waals surface area contributed by atoms with Crippen molar-refractivity contribution in [1.29, 1.82) is 0 Å². The molecule has 11 heteroatoms. The van der Waals surface area contributed by atoms with Gasteiger partial charge in [0.25, 0.3) is 0 Å². The fraction of sp³-hybridized carbons (Fsp3) is 0.450. The van der Waals surface area contributed by atoms with E-state index in [9.17, 15) is 24.0 Å². The summed E-state index contributed by atoms with van der Waals surface area (Å²) in [4.78, 5) is 59.7. The van der Waals surface area contributed by atoms with Crippen LogP contribution in [0.4, 0.5) is 0 Å². The molecule has 1 aromatic rings. The third-order valence-corrected chi connectivity index (χ3v) is 4.90. The van der Waals surface area contributed by atoms with Crippen LogP contribution in [-0.4, -0.2) is 64.8 Å². The Bertz CT molecular complexity index is 789. The highest BCUT2D eigenvalue weighted by Crippen LogP contribution is 2.06. The molecule has 0 saturated carbocycles. The summed E-state index contributed by atoms with van der Waals surface area (Å²) in [6.07, 6.45) is 1.54. The molecular formula is C20H28N4O6S. The Hall–Kier alpha value is -3.08. The Morgan fingerprint density at radius 3 is 2.06 bits per heavy atom. The largest absolute Gasteiger partial charge is 0.481 e. The Labute approximate surface area is 184 Å². The van der Waals surface area contributed by atoms with Gasteiger partial charge in [-0.1, -0.05) is 30.3 Å². The first-order valence-corrected chi connectivity index (χ1v) is 10.9. The highest BCUT2D eigenvalue weighted by Gasteiger charge is 2.30. The summed E-state index contributed by atoms with van der Waals surface area (Å²) in [7, 11) is 0. The molecule has 170 valence electrons. The van der Waals surface area contributed by atoms with Crippen molar-refractivity contribution in [3.8, 4) is 0 Å². The molecular weight excluding hydrogens is 424 g/mol.